The Bertz CT molecular complexity index is 487. The van der Waals surface area contributed by atoms with Gasteiger partial charge >= 0.3 is 0 Å². The Morgan fingerprint density at radius 3 is 3.00 bits per heavy atom. The second-order valence-corrected chi connectivity index (χ2v) is 4.78. The Balaban J connectivity index is 1.66. The van der Waals surface area contributed by atoms with Crippen LogP contribution in [0.25, 0.3) is 11.5 Å². The van der Waals surface area contributed by atoms with Gasteiger partial charge in [0, 0.05) is 12.5 Å². The Morgan fingerprint density at radius 2 is 2.28 bits per heavy atom. The van der Waals surface area contributed by atoms with Crippen LogP contribution in [-0.4, -0.2) is 31.6 Å². The van der Waals surface area contributed by atoms with Crippen molar-refractivity contribution in [3.05, 3.63) is 12.1 Å². The number of rotatable bonds is 4. The van der Waals surface area contributed by atoms with Crippen LogP contribution in [0.5, 0.6) is 0 Å². The molecule has 1 atom stereocenters. The first-order valence-electron chi connectivity index (χ1n) is 6.27. The molecule has 1 unspecified atom stereocenters. The maximum atomic E-state index is 6.18. The first-order valence-corrected chi connectivity index (χ1v) is 6.27. The largest absolute Gasteiger partial charge is 0.339 e. The average molecular weight is 248 g/mol. The lowest BCUT2D eigenvalue weighted by Crippen LogP contribution is -2.30. The number of aromatic amines is 1. The van der Waals surface area contributed by atoms with Gasteiger partial charge in [0.05, 0.1) is 6.20 Å². The lowest BCUT2D eigenvalue weighted by atomic mass is 9.96. The molecule has 0 bridgehead atoms. The van der Waals surface area contributed by atoms with E-state index in [0.717, 1.165) is 0 Å². The summed E-state index contributed by atoms with van der Waals surface area (Å²) in [6.07, 6.45) is 7.19. The topological polar surface area (TPSA) is 107 Å². The molecular weight excluding hydrogens is 232 g/mol. The Labute approximate surface area is 104 Å². The van der Waals surface area contributed by atoms with Crippen LogP contribution in [0, 0.1) is 5.92 Å². The van der Waals surface area contributed by atoms with Gasteiger partial charge in [0.2, 0.25) is 11.7 Å². The predicted molar refractivity (Wildman–Crippen MR) is 63.3 cm³/mol. The van der Waals surface area contributed by atoms with Crippen LogP contribution in [-0.2, 0) is 6.42 Å². The van der Waals surface area contributed by atoms with E-state index in [2.05, 4.69) is 25.6 Å². The second kappa shape index (κ2) is 4.85. The standard InChI is InChI=1S/C11H16N6O/c12-8(7-3-1-2-4-7)5-10-14-11(16-18-10)9-6-13-17-15-9/h6-8H,1-5,12H2,(H,13,15,17). The van der Waals surface area contributed by atoms with Gasteiger partial charge in [-0.15, -0.1) is 0 Å². The highest BCUT2D eigenvalue weighted by molar-refractivity contribution is 5.44. The van der Waals surface area contributed by atoms with Gasteiger partial charge in [0.1, 0.15) is 0 Å². The number of H-pyrrole nitrogens is 1. The Kier molecular flexibility index (Phi) is 3.06. The van der Waals surface area contributed by atoms with E-state index < -0.39 is 0 Å². The minimum absolute atomic E-state index is 0.109. The van der Waals surface area contributed by atoms with E-state index in [4.69, 9.17) is 10.3 Å². The zero-order valence-electron chi connectivity index (χ0n) is 10.0. The van der Waals surface area contributed by atoms with Gasteiger partial charge in [0.25, 0.3) is 0 Å². The lowest BCUT2D eigenvalue weighted by molar-refractivity contribution is 0.341. The van der Waals surface area contributed by atoms with Crippen LogP contribution < -0.4 is 5.73 Å². The summed E-state index contributed by atoms with van der Waals surface area (Å²) in [7, 11) is 0. The number of nitrogens with two attached hydrogens (primary N) is 1. The molecular formula is C11H16N6O. The number of nitrogens with zero attached hydrogens (tertiary/aromatic N) is 4. The van der Waals surface area contributed by atoms with Crippen molar-refractivity contribution < 1.29 is 4.52 Å². The molecule has 3 N–H and O–H groups in total. The van der Waals surface area contributed by atoms with E-state index in [0.29, 0.717) is 29.7 Å². The van der Waals surface area contributed by atoms with Gasteiger partial charge in [-0.2, -0.15) is 20.4 Å². The molecule has 0 spiro atoms. The molecule has 7 nitrogen and oxygen atoms in total. The summed E-state index contributed by atoms with van der Waals surface area (Å²) >= 11 is 0. The van der Waals surface area contributed by atoms with Crippen LogP contribution in [0.3, 0.4) is 0 Å². The smallest absolute Gasteiger partial charge is 0.228 e. The SMILES string of the molecule is NC(Cc1nc(-c2cn[nH]n2)no1)C1CCCC1. The predicted octanol–water partition coefficient (Wildman–Crippen LogP) is 0.915. The van der Waals surface area contributed by atoms with E-state index >= 15 is 0 Å². The van der Waals surface area contributed by atoms with Gasteiger partial charge in [-0.05, 0) is 18.8 Å². The Hall–Kier alpha value is -1.76. The molecule has 0 radical (unpaired) electrons. The normalized spacial score (nSPS) is 18.3. The van der Waals surface area contributed by atoms with Crippen molar-refractivity contribution in [2.45, 2.75) is 38.1 Å². The fourth-order valence-electron chi connectivity index (χ4n) is 2.51. The summed E-state index contributed by atoms with van der Waals surface area (Å²) < 4.78 is 5.20. The van der Waals surface area contributed by atoms with Gasteiger partial charge in [-0.25, -0.2) is 0 Å². The Morgan fingerprint density at radius 1 is 1.44 bits per heavy atom. The first kappa shape index (κ1) is 11.3. The number of nitrogens with one attached hydrogen (secondary N) is 1. The van der Waals surface area contributed by atoms with Gasteiger partial charge in [0.15, 0.2) is 5.69 Å². The summed E-state index contributed by atoms with van der Waals surface area (Å²) in [6, 6.07) is 0.109. The molecule has 1 saturated carbocycles. The zero-order valence-corrected chi connectivity index (χ0v) is 10.0. The molecule has 7 heteroatoms. The minimum Gasteiger partial charge on any atom is -0.339 e. The van der Waals surface area contributed by atoms with Gasteiger partial charge in [-0.3, -0.25) is 0 Å². The third kappa shape index (κ3) is 2.26. The van der Waals surface area contributed by atoms with E-state index in [1.54, 1.807) is 6.20 Å². The summed E-state index contributed by atoms with van der Waals surface area (Å²) in [5.74, 6) is 1.62. The molecule has 1 aliphatic carbocycles. The monoisotopic (exact) mass is 248 g/mol. The minimum atomic E-state index is 0.109. The van der Waals surface area contributed by atoms with Crippen LogP contribution in [0.15, 0.2) is 10.7 Å². The molecule has 18 heavy (non-hydrogen) atoms. The molecule has 2 heterocycles. The summed E-state index contributed by atoms with van der Waals surface area (Å²) in [6.45, 7) is 0. The zero-order chi connectivity index (χ0) is 12.4. The van der Waals surface area contributed by atoms with Crippen LogP contribution >= 0.6 is 0 Å². The van der Waals surface area contributed by atoms with Crippen molar-refractivity contribution >= 4 is 0 Å². The molecule has 3 rings (SSSR count). The number of hydrogen-bond acceptors (Lipinski definition) is 6. The molecule has 0 aromatic carbocycles. The molecule has 1 fully saturated rings. The lowest BCUT2D eigenvalue weighted by Gasteiger charge is -2.16. The van der Waals surface area contributed by atoms with Crippen molar-refractivity contribution in [3.8, 4) is 11.5 Å². The van der Waals surface area contributed by atoms with E-state index in [-0.39, 0.29) is 6.04 Å². The molecule has 96 valence electrons. The van der Waals surface area contributed by atoms with Crippen molar-refractivity contribution in [1.82, 2.24) is 25.6 Å². The molecule has 2 aromatic rings. The first-order chi connectivity index (χ1) is 8.83. The molecule has 0 aliphatic heterocycles. The second-order valence-electron chi connectivity index (χ2n) is 4.78. The van der Waals surface area contributed by atoms with Crippen LogP contribution in [0.2, 0.25) is 0 Å². The highest BCUT2D eigenvalue weighted by Crippen LogP contribution is 2.28. The molecule has 2 aromatic heterocycles. The van der Waals surface area contributed by atoms with Crippen LogP contribution in [0.4, 0.5) is 0 Å². The fourth-order valence-corrected chi connectivity index (χ4v) is 2.51. The molecule has 0 saturated heterocycles. The van der Waals surface area contributed by atoms with E-state index in [9.17, 15) is 0 Å². The van der Waals surface area contributed by atoms with Crippen molar-refractivity contribution in [2.75, 3.05) is 0 Å². The maximum Gasteiger partial charge on any atom is 0.228 e. The third-order valence-corrected chi connectivity index (χ3v) is 3.53. The summed E-state index contributed by atoms with van der Waals surface area (Å²) in [4.78, 5) is 4.28. The van der Waals surface area contributed by atoms with Crippen molar-refractivity contribution in [3.63, 3.8) is 0 Å². The average Bonchev–Trinajstić information content (AvgIpc) is 3.12. The van der Waals surface area contributed by atoms with E-state index in [1.165, 1.54) is 25.7 Å². The number of aromatic nitrogens is 5. The van der Waals surface area contributed by atoms with Crippen molar-refractivity contribution in [2.24, 2.45) is 11.7 Å². The molecule has 1 aliphatic rings. The van der Waals surface area contributed by atoms with Crippen molar-refractivity contribution in [1.29, 1.82) is 0 Å². The van der Waals surface area contributed by atoms with Gasteiger partial charge < -0.3 is 10.3 Å². The number of hydrogen-bond donors (Lipinski definition) is 2. The highest BCUT2D eigenvalue weighted by Gasteiger charge is 2.24. The summed E-state index contributed by atoms with van der Waals surface area (Å²) in [5.41, 5.74) is 6.76. The van der Waals surface area contributed by atoms with Crippen LogP contribution in [0.1, 0.15) is 31.6 Å². The molecule has 0 amide bonds. The maximum absolute atomic E-state index is 6.18. The highest BCUT2D eigenvalue weighted by atomic mass is 16.5. The summed E-state index contributed by atoms with van der Waals surface area (Å²) in [5, 5.41) is 14.0. The quantitative estimate of drug-likeness (QED) is 0.833. The van der Waals surface area contributed by atoms with E-state index in [1.807, 2.05) is 0 Å². The third-order valence-electron chi connectivity index (χ3n) is 3.53. The fraction of sp³-hybridized carbons (Fsp3) is 0.636. The van der Waals surface area contributed by atoms with Gasteiger partial charge in [-0.1, -0.05) is 18.0 Å².